The fourth-order valence-corrected chi connectivity index (χ4v) is 4.36. The number of likely N-dealkylation sites (tertiary alicyclic amines) is 1. The largest absolute Gasteiger partial charge is 0.377 e. The van der Waals surface area contributed by atoms with Crippen molar-refractivity contribution < 1.29 is 14.3 Å². The summed E-state index contributed by atoms with van der Waals surface area (Å²) in [7, 11) is 1.72. The number of H-pyrrole nitrogens is 1. The zero-order valence-electron chi connectivity index (χ0n) is 15.2. The van der Waals surface area contributed by atoms with E-state index in [1.165, 1.54) is 5.56 Å². The number of rotatable bonds is 2. The molecule has 2 atom stereocenters. The average molecular weight is 342 g/mol. The molecule has 0 aliphatic carbocycles. The van der Waals surface area contributed by atoms with Crippen LogP contribution in [0.3, 0.4) is 0 Å². The summed E-state index contributed by atoms with van der Waals surface area (Å²) in [5.41, 5.74) is 3.99. The summed E-state index contributed by atoms with van der Waals surface area (Å²) < 4.78 is 11.7. The minimum atomic E-state index is -0.191. The standard InChI is InChI=1S/C20H26N2O3/c1-13-14(2)21-17-6-5-15(11-16(13)17)19(23)22-9-8-20(7-4-10-25-20)18(12-22)24-3/h5-6,11,18,21H,4,7-10,12H2,1-3H3/t18-,20-/m0/s1. The van der Waals surface area contributed by atoms with E-state index in [-0.39, 0.29) is 17.6 Å². The zero-order chi connectivity index (χ0) is 17.6. The lowest BCUT2D eigenvalue weighted by Crippen LogP contribution is -2.57. The predicted molar refractivity (Wildman–Crippen MR) is 97.0 cm³/mol. The molecule has 0 unspecified atom stereocenters. The maximum atomic E-state index is 13.0. The van der Waals surface area contributed by atoms with Gasteiger partial charge in [0.1, 0.15) is 6.10 Å². The van der Waals surface area contributed by atoms with E-state index in [2.05, 4.69) is 18.8 Å². The van der Waals surface area contributed by atoms with Gasteiger partial charge in [-0.15, -0.1) is 0 Å². The van der Waals surface area contributed by atoms with Crippen molar-refractivity contribution in [2.45, 2.75) is 44.8 Å². The smallest absolute Gasteiger partial charge is 0.253 e. The number of benzene rings is 1. The molecule has 2 fully saturated rings. The highest BCUT2D eigenvalue weighted by Crippen LogP contribution is 2.37. The van der Waals surface area contributed by atoms with E-state index >= 15 is 0 Å². The van der Waals surface area contributed by atoms with Gasteiger partial charge in [-0.25, -0.2) is 0 Å². The van der Waals surface area contributed by atoms with Gasteiger partial charge < -0.3 is 19.4 Å². The summed E-state index contributed by atoms with van der Waals surface area (Å²) in [6, 6.07) is 5.93. The third-order valence-electron chi connectivity index (χ3n) is 6.04. The molecule has 1 N–H and O–H groups in total. The highest BCUT2D eigenvalue weighted by Gasteiger charge is 2.47. The van der Waals surface area contributed by atoms with Crippen LogP contribution in [0, 0.1) is 13.8 Å². The summed E-state index contributed by atoms with van der Waals surface area (Å²) in [4.78, 5) is 18.3. The van der Waals surface area contributed by atoms with Gasteiger partial charge in [0.05, 0.1) is 5.60 Å². The van der Waals surface area contributed by atoms with Crippen LogP contribution in [0.1, 0.15) is 40.9 Å². The molecule has 2 saturated heterocycles. The number of aromatic amines is 1. The van der Waals surface area contributed by atoms with Gasteiger partial charge in [-0.2, -0.15) is 0 Å². The van der Waals surface area contributed by atoms with Crippen LogP contribution in [-0.2, 0) is 9.47 Å². The molecule has 4 rings (SSSR count). The van der Waals surface area contributed by atoms with Crippen molar-refractivity contribution in [3.63, 3.8) is 0 Å². The minimum absolute atomic E-state index is 0.0485. The predicted octanol–water partition coefficient (Wildman–Crippen LogP) is 3.19. The Morgan fingerprint density at radius 1 is 1.36 bits per heavy atom. The molecule has 0 saturated carbocycles. The molecule has 0 bridgehead atoms. The number of amides is 1. The van der Waals surface area contributed by atoms with Crippen molar-refractivity contribution in [3.8, 4) is 0 Å². The monoisotopic (exact) mass is 342 g/mol. The van der Waals surface area contributed by atoms with Crippen molar-refractivity contribution in [1.82, 2.24) is 9.88 Å². The van der Waals surface area contributed by atoms with E-state index < -0.39 is 0 Å². The van der Waals surface area contributed by atoms with Gasteiger partial charge in [-0.1, -0.05) is 0 Å². The van der Waals surface area contributed by atoms with Gasteiger partial charge in [0.15, 0.2) is 0 Å². The summed E-state index contributed by atoms with van der Waals surface area (Å²) in [5.74, 6) is 0.0788. The molecule has 2 aliphatic rings. The van der Waals surface area contributed by atoms with Crippen molar-refractivity contribution >= 4 is 16.8 Å². The molecule has 1 aromatic carbocycles. The maximum Gasteiger partial charge on any atom is 0.253 e. The highest BCUT2D eigenvalue weighted by molar-refractivity contribution is 5.99. The van der Waals surface area contributed by atoms with E-state index in [0.717, 1.165) is 54.6 Å². The van der Waals surface area contributed by atoms with Crippen LogP contribution in [0.15, 0.2) is 18.2 Å². The van der Waals surface area contributed by atoms with Crippen molar-refractivity contribution in [1.29, 1.82) is 0 Å². The van der Waals surface area contributed by atoms with Crippen LogP contribution in [0.2, 0.25) is 0 Å². The Hall–Kier alpha value is -1.85. The molecular formula is C20H26N2O3. The van der Waals surface area contributed by atoms with Crippen LogP contribution >= 0.6 is 0 Å². The van der Waals surface area contributed by atoms with Crippen LogP contribution in [0.5, 0.6) is 0 Å². The molecule has 2 aromatic rings. The average Bonchev–Trinajstić information content (AvgIpc) is 3.20. The Bertz CT molecular complexity index is 805. The summed E-state index contributed by atoms with van der Waals surface area (Å²) >= 11 is 0. The number of nitrogens with zero attached hydrogens (tertiary/aromatic N) is 1. The molecule has 1 aromatic heterocycles. The first kappa shape index (κ1) is 16.6. The fraction of sp³-hybridized carbons (Fsp3) is 0.550. The second-order valence-electron chi connectivity index (χ2n) is 7.38. The van der Waals surface area contributed by atoms with Gasteiger partial charge in [-0.3, -0.25) is 4.79 Å². The van der Waals surface area contributed by atoms with Crippen LogP contribution in [0.25, 0.3) is 10.9 Å². The van der Waals surface area contributed by atoms with Crippen molar-refractivity contribution in [3.05, 3.63) is 35.0 Å². The number of carbonyl (C=O) groups is 1. The van der Waals surface area contributed by atoms with Crippen LogP contribution < -0.4 is 0 Å². The molecule has 5 nitrogen and oxygen atoms in total. The summed E-state index contributed by atoms with van der Waals surface area (Å²) in [6.07, 6.45) is 2.91. The van der Waals surface area contributed by atoms with Gasteiger partial charge in [0, 0.05) is 49.0 Å². The lowest BCUT2D eigenvalue weighted by atomic mass is 9.85. The van der Waals surface area contributed by atoms with E-state index in [1.54, 1.807) is 7.11 Å². The molecule has 25 heavy (non-hydrogen) atoms. The van der Waals surface area contributed by atoms with Crippen LogP contribution in [0.4, 0.5) is 0 Å². The van der Waals surface area contributed by atoms with E-state index in [9.17, 15) is 4.79 Å². The number of nitrogens with one attached hydrogen (secondary N) is 1. The molecule has 2 aliphatic heterocycles. The number of ether oxygens (including phenoxy) is 2. The normalized spacial score (nSPS) is 26.7. The molecule has 134 valence electrons. The first-order chi connectivity index (χ1) is 12.0. The van der Waals surface area contributed by atoms with E-state index in [4.69, 9.17) is 9.47 Å². The van der Waals surface area contributed by atoms with Crippen molar-refractivity contribution in [2.24, 2.45) is 0 Å². The van der Waals surface area contributed by atoms with Crippen molar-refractivity contribution in [2.75, 3.05) is 26.8 Å². The number of hydrogen-bond donors (Lipinski definition) is 1. The third-order valence-corrected chi connectivity index (χ3v) is 6.04. The Balaban J connectivity index is 1.58. The summed E-state index contributed by atoms with van der Waals surface area (Å²) in [6.45, 7) is 6.27. The molecular weight excluding hydrogens is 316 g/mol. The molecule has 5 heteroatoms. The lowest BCUT2D eigenvalue weighted by molar-refractivity contribution is -0.136. The first-order valence-corrected chi connectivity index (χ1v) is 9.09. The van der Waals surface area contributed by atoms with Gasteiger partial charge >= 0.3 is 0 Å². The Morgan fingerprint density at radius 2 is 2.20 bits per heavy atom. The van der Waals surface area contributed by atoms with Gasteiger partial charge in [-0.05, 0) is 56.9 Å². The number of aryl methyl sites for hydroxylation is 2. The van der Waals surface area contributed by atoms with Gasteiger partial charge in [0.2, 0.25) is 0 Å². The number of hydrogen-bond acceptors (Lipinski definition) is 3. The third kappa shape index (κ3) is 2.66. The Labute approximate surface area is 148 Å². The zero-order valence-corrected chi connectivity index (χ0v) is 15.2. The molecule has 3 heterocycles. The molecule has 1 spiro atoms. The van der Waals surface area contributed by atoms with E-state index in [0.29, 0.717) is 6.54 Å². The van der Waals surface area contributed by atoms with Crippen LogP contribution in [-0.4, -0.2) is 54.3 Å². The van der Waals surface area contributed by atoms with E-state index in [1.807, 2.05) is 23.1 Å². The number of piperidine rings is 1. The highest BCUT2D eigenvalue weighted by atomic mass is 16.5. The number of methoxy groups -OCH3 is 1. The second-order valence-corrected chi connectivity index (χ2v) is 7.38. The Morgan fingerprint density at radius 3 is 2.92 bits per heavy atom. The summed E-state index contributed by atoms with van der Waals surface area (Å²) in [5, 5.41) is 1.12. The second kappa shape index (κ2) is 6.15. The molecule has 0 radical (unpaired) electrons. The quantitative estimate of drug-likeness (QED) is 0.912. The maximum absolute atomic E-state index is 13.0. The number of fused-ring (bicyclic) bond motifs is 1. The fourth-order valence-electron chi connectivity index (χ4n) is 4.36. The topological polar surface area (TPSA) is 54.6 Å². The lowest BCUT2D eigenvalue weighted by Gasteiger charge is -2.44. The Kier molecular flexibility index (Phi) is 4.08. The molecule has 1 amide bonds. The SMILES string of the molecule is CO[C@H]1CN(C(=O)c2ccc3[nH]c(C)c(C)c3c2)CC[C@@]12CCCO2. The number of aromatic nitrogens is 1. The van der Waals surface area contributed by atoms with Gasteiger partial charge in [0.25, 0.3) is 5.91 Å². The minimum Gasteiger partial charge on any atom is -0.377 e. The number of carbonyl (C=O) groups excluding carboxylic acids is 1. The first-order valence-electron chi connectivity index (χ1n) is 9.09.